The second-order valence-electron chi connectivity index (χ2n) is 13.2. The summed E-state index contributed by atoms with van der Waals surface area (Å²) in [6.45, 7) is 14.9. The van der Waals surface area contributed by atoms with E-state index < -0.39 is 0 Å². The van der Waals surface area contributed by atoms with Gasteiger partial charge in [0.25, 0.3) is 0 Å². The first-order valence-electron chi connectivity index (χ1n) is 13.2. The zero-order valence-electron chi connectivity index (χ0n) is 20.5. The largest absolute Gasteiger partial charge is 0.393 e. The van der Waals surface area contributed by atoms with Crippen LogP contribution in [0.2, 0.25) is 0 Å². The van der Waals surface area contributed by atoms with Crippen molar-refractivity contribution in [1.82, 2.24) is 0 Å². The smallest absolute Gasteiger partial charge is 0.0546 e. The van der Waals surface area contributed by atoms with Gasteiger partial charge in [-0.3, -0.25) is 0 Å². The van der Waals surface area contributed by atoms with Gasteiger partial charge in [-0.15, -0.1) is 0 Å². The molecule has 0 aromatic carbocycles. The minimum atomic E-state index is -0.0288. The van der Waals surface area contributed by atoms with Crippen molar-refractivity contribution in [2.45, 2.75) is 105 Å². The number of aliphatic hydroxyl groups excluding tert-OH is 1. The van der Waals surface area contributed by atoms with Crippen molar-refractivity contribution in [3.8, 4) is 0 Å². The number of allylic oxidation sites excluding steroid dienone is 4. The Balaban J connectivity index is 1.42. The summed E-state index contributed by atoms with van der Waals surface area (Å²) in [5, 5.41) is 10.4. The lowest BCUT2D eigenvalue weighted by Crippen LogP contribution is -2.50. The first-order valence-corrected chi connectivity index (χ1v) is 13.2. The van der Waals surface area contributed by atoms with Crippen molar-refractivity contribution in [1.29, 1.82) is 0 Å². The van der Waals surface area contributed by atoms with Crippen LogP contribution in [0, 0.1) is 51.2 Å². The van der Waals surface area contributed by atoms with Crippen LogP contribution < -0.4 is 0 Å². The normalized spacial score (nSPS) is 51.6. The van der Waals surface area contributed by atoms with Crippen LogP contribution >= 0.6 is 0 Å². The van der Waals surface area contributed by atoms with Crippen molar-refractivity contribution in [2.75, 3.05) is 0 Å². The fourth-order valence-corrected chi connectivity index (χ4v) is 9.32. The Morgan fingerprint density at radius 2 is 1.73 bits per heavy atom. The molecule has 0 heterocycles. The summed E-state index contributed by atoms with van der Waals surface area (Å²) in [6.07, 6.45) is 19.5. The number of hydrogen-bond acceptors (Lipinski definition) is 1. The zero-order chi connectivity index (χ0) is 21.5. The first kappa shape index (κ1) is 21.3. The van der Waals surface area contributed by atoms with Crippen LogP contribution in [0.15, 0.2) is 23.8 Å². The Kier molecular flexibility index (Phi) is 4.77. The summed E-state index contributed by atoms with van der Waals surface area (Å²) in [4.78, 5) is 0. The highest BCUT2D eigenvalue weighted by molar-refractivity contribution is 5.41. The molecule has 0 amide bonds. The van der Waals surface area contributed by atoms with E-state index in [1.54, 1.807) is 0 Å². The van der Waals surface area contributed by atoms with Crippen molar-refractivity contribution in [2.24, 2.45) is 51.2 Å². The number of hydrogen-bond donors (Lipinski definition) is 1. The maximum absolute atomic E-state index is 10.4. The van der Waals surface area contributed by atoms with Crippen LogP contribution in [0.4, 0.5) is 0 Å². The van der Waals surface area contributed by atoms with Gasteiger partial charge in [0.2, 0.25) is 0 Å². The van der Waals surface area contributed by atoms with Crippen LogP contribution in [0.5, 0.6) is 0 Å². The molecule has 1 nitrogen and oxygen atoms in total. The van der Waals surface area contributed by atoms with Gasteiger partial charge in [-0.25, -0.2) is 0 Å². The number of aliphatic hydroxyl groups is 1. The third kappa shape index (κ3) is 2.63. The molecule has 1 heteroatoms. The SMILES string of the molecule is CC(C)[C@H](C)/C=C/[C@@H](C)[C@H]1CC[C@@]2(C)[C@@H]3CC[C@]45C[C@@H](O)CC[C@]4(C5)C3=CC[C@]12C. The van der Waals surface area contributed by atoms with E-state index in [0.717, 1.165) is 30.6 Å². The maximum Gasteiger partial charge on any atom is 0.0546 e. The van der Waals surface area contributed by atoms with Gasteiger partial charge in [0, 0.05) is 0 Å². The van der Waals surface area contributed by atoms with E-state index in [2.05, 4.69) is 59.8 Å². The average Bonchev–Trinajstić information content (AvgIpc) is 3.30. The minimum absolute atomic E-state index is 0.0288. The summed E-state index contributed by atoms with van der Waals surface area (Å²) in [7, 11) is 0. The molecule has 5 aliphatic carbocycles. The predicted molar refractivity (Wildman–Crippen MR) is 126 cm³/mol. The second kappa shape index (κ2) is 6.72. The Morgan fingerprint density at radius 1 is 0.967 bits per heavy atom. The highest BCUT2D eigenvalue weighted by Crippen LogP contribution is 2.83. The van der Waals surface area contributed by atoms with Crippen LogP contribution in [-0.2, 0) is 0 Å². The van der Waals surface area contributed by atoms with Gasteiger partial charge >= 0.3 is 0 Å². The summed E-state index contributed by atoms with van der Waals surface area (Å²) in [5.74, 6) is 3.70. The molecule has 0 spiro atoms. The summed E-state index contributed by atoms with van der Waals surface area (Å²) < 4.78 is 0. The molecule has 5 rings (SSSR count). The zero-order valence-corrected chi connectivity index (χ0v) is 20.5. The topological polar surface area (TPSA) is 20.2 Å². The highest BCUT2D eigenvalue weighted by atomic mass is 16.3. The molecule has 30 heavy (non-hydrogen) atoms. The lowest BCUT2D eigenvalue weighted by molar-refractivity contribution is -0.0294. The second-order valence-corrected chi connectivity index (χ2v) is 13.2. The molecule has 1 N–H and O–H groups in total. The van der Waals surface area contributed by atoms with Crippen LogP contribution in [0.1, 0.15) is 99.3 Å². The maximum atomic E-state index is 10.4. The average molecular weight is 411 g/mol. The minimum Gasteiger partial charge on any atom is -0.393 e. The van der Waals surface area contributed by atoms with E-state index in [9.17, 15) is 5.11 Å². The molecule has 0 radical (unpaired) electrons. The molecule has 0 unspecified atom stereocenters. The standard InChI is InChI=1S/C29H46O/c1-19(2)20(3)7-8-21(4)23-10-13-27(6)24-12-15-28-17-22(30)9-16-29(28,18-28)25(24)11-14-26(23,27)5/h7-8,11,19-24,30H,9-10,12-18H2,1-6H3/b8-7+/t20-,21-,22+,23-,24-,26-,27+,28-,29+/m1/s1. The van der Waals surface area contributed by atoms with E-state index in [-0.39, 0.29) is 6.10 Å². The lowest BCUT2D eigenvalue weighted by Gasteiger charge is -2.57. The summed E-state index contributed by atoms with van der Waals surface area (Å²) in [6, 6.07) is 0. The molecular formula is C29H46O. The molecular weight excluding hydrogens is 364 g/mol. The van der Waals surface area contributed by atoms with E-state index in [1.807, 2.05) is 5.57 Å². The van der Waals surface area contributed by atoms with Crippen molar-refractivity contribution < 1.29 is 5.11 Å². The van der Waals surface area contributed by atoms with Crippen LogP contribution in [0.3, 0.4) is 0 Å². The third-order valence-corrected chi connectivity index (χ3v) is 11.9. The Labute approximate surface area is 185 Å². The monoisotopic (exact) mass is 410 g/mol. The fourth-order valence-electron chi connectivity index (χ4n) is 9.32. The quantitative estimate of drug-likeness (QED) is 0.474. The summed E-state index contributed by atoms with van der Waals surface area (Å²) >= 11 is 0. The molecule has 0 bridgehead atoms. The molecule has 0 aromatic rings. The van der Waals surface area contributed by atoms with Gasteiger partial charge in [-0.2, -0.15) is 0 Å². The fraction of sp³-hybridized carbons (Fsp3) is 0.862. The van der Waals surface area contributed by atoms with Crippen LogP contribution in [0.25, 0.3) is 0 Å². The Hall–Kier alpha value is -0.560. The molecule has 168 valence electrons. The highest BCUT2D eigenvalue weighted by Gasteiger charge is 2.75. The van der Waals surface area contributed by atoms with Gasteiger partial charge in [0.1, 0.15) is 0 Å². The molecule has 0 saturated heterocycles. The molecule has 0 aliphatic heterocycles. The molecule has 4 fully saturated rings. The Bertz CT molecular complexity index is 758. The molecule has 4 saturated carbocycles. The van der Waals surface area contributed by atoms with Gasteiger partial charge in [-0.05, 0) is 109 Å². The molecule has 9 atom stereocenters. The van der Waals surface area contributed by atoms with E-state index >= 15 is 0 Å². The Morgan fingerprint density at radius 3 is 2.47 bits per heavy atom. The van der Waals surface area contributed by atoms with Gasteiger partial charge < -0.3 is 5.11 Å². The van der Waals surface area contributed by atoms with E-state index in [4.69, 9.17) is 0 Å². The molecule has 5 aliphatic rings. The number of rotatable bonds is 4. The van der Waals surface area contributed by atoms with Crippen molar-refractivity contribution in [3.63, 3.8) is 0 Å². The predicted octanol–water partition coefficient (Wildman–Crippen LogP) is 7.55. The van der Waals surface area contributed by atoms with Gasteiger partial charge in [-0.1, -0.05) is 65.3 Å². The third-order valence-electron chi connectivity index (χ3n) is 11.9. The molecule has 0 aromatic heterocycles. The lowest BCUT2D eigenvalue weighted by atomic mass is 9.47. The van der Waals surface area contributed by atoms with Crippen molar-refractivity contribution >= 4 is 0 Å². The van der Waals surface area contributed by atoms with Crippen molar-refractivity contribution in [3.05, 3.63) is 23.8 Å². The van der Waals surface area contributed by atoms with E-state index in [0.29, 0.717) is 33.5 Å². The number of fused-ring (bicyclic) bond motifs is 3. The van der Waals surface area contributed by atoms with Gasteiger partial charge in [0.15, 0.2) is 0 Å². The first-order chi connectivity index (χ1) is 14.1. The van der Waals surface area contributed by atoms with Crippen LogP contribution in [-0.4, -0.2) is 11.2 Å². The van der Waals surface area contributed by atoms with Gasteiger partial charge in [0.05, 0.1) is 6.10 Å². The van der Waals surface area contributed by atoms with E-state index in [1.165, 1.54) is 44.9 Å². The summed E-state index contributed by atoms with van der Waals surface area (Å²) in [5.41, 5.74) is 3.75.